The Labute approximate surface area is 130 Å². The predicted octanol–water partition coefficient (Wildman–Crippen LogP) is 2.66. The zero-order valence-corrected chi connectivity index (χ0v) is 11.9. The SMILES string of the molecule is O=C(NCC[C@@H](O)c1ccccc1)c1cc(F)c(F)c(O)c1F. The van der Waals surface area contributed by atoms with Gasteiger partial charge in [-0.05, 0) is 18.1 Å². The molecule has 0 radical (unpaired) electrons. The number of aliphatic hydroxyl groups excluding tert-OH is 1. The molecule has 1 amide bonds. The van der Waals surface area contributed by atoms with Gasteiger partial charge in [-0.15, -0.1) is 0 Å². The van der Waals surface area contributed by atoms with Gasteiger partial charge < -0.3 is 15.5 Å². The average molecular weight is 325 g/mol. The van der Waals surface area contributed by atoms with E-state index in [9.17, 15) is 23.1 Å². The Morgan fingerprint density at radius 1 is 1.13 bits per heavy atom. The summed E-state index contributed by atoms with van der Waals surface area (Å²) in [6, 6.07) is 9.07. The highest BCUT2D eigenvalue weighted by atomic mass is 19.2. The molecule has 7 heteroatoms. The Kier molecular flexibility index (Phi) is 5.23. The molecule has 0 unspecified atom stereocenters. The number of phenolic OH excluding ortho intramolecular Hbond substituents is 1. The molecule has 23 heavy (non-hydrogen) atoms. The van der Waals surface area contributed by atoms with Crippen LogP contribution in [0.4, 0.5) is 13.2 Å². The molecule has 0 saturated carbocycles. The molecular formula is C16H14F3NO3. The third-order valence-corrected chi connectivity index (χ3v) is 3.27. The predicted molar refractivity (Wildman–Crippen MR) is 76.3 cm³/mol. The fourth-order valence-electron chi connectivity index (χ4n) is 2.02. The van der Waals surface area contributed by atoms with Gasteiger partial charge in [-0.2, -0.15) is 4.39 Å². The third kappa shape index (κ3) is 3.81. The van der Waals surface area contributed by atoms with Crippen molar-refractivity contribution < 1.29 is 28.2 Å². The highest BCUT2D eigenvalue weighted by molar-refractivity contribution is 5.94. The number of carbonyl (C=O) groups is 1. The first-order valence-electron chi connectivity index (χ1n) is 6.79. The fourth-order valence-corrected chi connectivity index (χ4v) is 2.02. The Balaban J connectivity index is 1.98. The van der Waals surface area contributed by atoms with E-state index in [1.807, 2.05) is 0 Å². The number of hydrogen-bond donors (Lipinski definition) is 3. The van der Waals surface area contributed by atoms with Gasteiger partial charge in [0, 0.05) is 6.54 Å². The molecule has 4 nitrogen and oxygen atoms in total. The van der Waals surface area contributed by atoms with E-state index in [0.717, 1.165) is 0 Å². The summed E-state index contributed by atoms with van der Waals surface area (Å²) in [5.41, 5.74) is -0.158. The molecule has 0 saturated heterocycles. The Morgan fingerprint density at radius 3 is 2.43 bits per heavy atom. The monoisotopic (exact) mass is 325 g/mol. The minimum Gasteiger partial charge on any atom is -0.503 e. The van der Waals surface area contributed by atoms with Crippen LogP contribution in [0.2, 0.25) is 0 Å². The number of phenols is 1. The highest BCUT2D eigenvalue weighted by Crippen LogP contribution is 2.25. The lowest BCUT2D eigenvalue weighted by Crippen LogP contribution is -2.27. The third-order valence-electron chi connectivity index (χ3n) is 3.27. The van der Waals surface area contributed by atoms with E-state index in [0.29, 0.717) is 11.6 Å². The van der Waals surface area contributed by atoms with Crippen LogP contribution in [0.5, 0.6) is 5.75 Å². The Hall–Kier alpha value is -2.54. The summed E-state index contributed by atoms with van der Waals surface area (Å²) in [6.45, 7) is -0.0198. The molecule has 2 aromatic rings. The summed E-state index contributed by atoms with van der Waals surface area (Å²) < 4.78 is 39.7. The van der Waals surface area contributed by atoms with Crippen LogP contribution in [0.25, 0.3) is 0 Å². The first-order chi connectivity index (χ1) is 10.9. The lowest BCUT2D eigenvalue weighted by Gasteiger charge is -2.12. The van der Waals surface area contributed by atoms with E-state index in [1.54, 1.807) is 30.3 Å². The second-order valence-electron chi connectivity index (χ2n) is 4.85. The van der Waals surface area contributed by atoms with E-state index < -0.39 is 40.8 Å². The van der Waals surface area contributed by atoms with Crippen molar-refractivity contribution in [2.24, 2.45) is 0 Å². The molecule has 2 rings (SSSR count). The quantitative estimate of drug-likeness (QED) is 0.740. The molecule has 2 aromatic carbocycles. The van der Waals surface area contributed by atoms with Gasteiger partial charge in [0.15, 0.2) is 17.4 Å². The number of aromatic hydroxyl groups is 1. The molecule has 0 aliphatic heterocycles. The van der Waals surface area contributed by atoms with Crippen LogP contribution >= 0.6 is 0 Å². The first-order valence-corrected chi connectivity index (χ1v) is 6.79. The molecule has 3 N–H and O–H groups in total. The van der Waals surface area contributed by atoms with E-state index in [4.69, 9.17) is 5.11 Å². The fraction of sp³-hybridized carbons (Fsp3) is 0.188. The molecule has 0 aromatic heterocycles. The molecule has 0 fully saturated rings. The van der Waals surface area contributed by atoms with Crippen molar-refractivity contribution in [1.82, 2.24) is 5.32 Å². The number of nitrogens with one attached hydrogen (secondary N) is 1. The van der Waals surface area contributed by atoms with Gasteiger partial charge >= 0.3 is 0 Å². The van der Waals surface area contributed by atoms with Gasteiger partial charge in [0.1, 0.15) is 0 Å². The van der Waals surface area contributed by atoms with Crippen molar-refractivity contribution in [3.05, 3.63) is 65.0 Å². The molecule has 1 atom stereocenters. The van der Waals surface area contributed by atoms with Crippen LogP contribution in [0.1, 0.15) is 28.4 Å². The number of hydrogen-bond acceptors (Lipinski definition) is 3. The van der Waals surface area contributed by atoms with Crippen LogP contribution in [0.3, 0.4) is 0 Å². The van der Waals surface area contributed by atoms with Gasteiger partial charge in [0.05, 0.1) is 11.7 Å². The average Bonchev–Trinajstić information content (AvgIpc) is 2.56. The first kappa shape index (κ1) is 16.8. The Bertz CT molecular complexity index is 707. The summed E-state index contributed by atoms with van der Waals surface area (Å²) in [4.78, 5) is 11.8. The standard InChI is InChI=1S/C16H14F3NO3/c17-11-8-10(13(18)15(22)14(11)19)16(23)20-7-6-12(21)9-4-2-1-3-5-9/h1-5,8,12,21-22H,6-7H2,(H,20,23)/t12-/m1/s1. The molecule has 0 bridgehead atoms. The van der Waals surface area contributed by atoms with Crippen LogP contribution in [-0.2, 0) is 0 Å². The summed E-state index contributed by atoms with van der Waals surface area (Å²) in [6.07, 6.45) is -0.688. The van der Waals surface area contributed by atoms with Crippen LogP contribution in [0, 0.1) is 17.5 Å². The van der Waals surface area contributed by atoms with E-state index >= 15 is 0 Å². The van der Waals surface area contributed by atoms with Gasteiger partial charge in [-0.1, -0.05) is 30.3 Å². The van der Waals surface area contributed by atoms with E-state index in [-0.39, 0.29) is 13.0 Å². The summed E-state index contributed by atoms with van der Waals surface area (Å²) in [5, 5.41) is 21.3. The van der Waals surface area contributed by atoms with Crippen LogP contribution in [0.15, 0.2) is 36.4 Å². The van der Waals surface area contributed by atoms with Crippen molar-refractivity contribution in [3.63, 3.8) is 0 Å². The minimum atomic E-state index is -1.75. The number of carbonyl (C=O) groups excluding carboxylic acids is 1. The Morgan fingerprint density at radius 2 is 1.78 bits per heavy atom. The second-order valence-corrected chi connectivity index (χ2v) is 4.85. The van der Waals surface area contributed by atoms with E-state index in [1.165, 1.54) is 0 Å². The smallest absolute Gasteiger partial charge is 0.254 e. The maximum Gasteiger partial charge on any atom is 0.254 e. The minimum absolute atomic E-state index is 0.0198. The maximum absolute atomic E-state index is 13.6. The number of halogens is 3. The van der Waals surface area contributed by atoms with Crippen molar-refractivity contribution in [3.8, 4) is 5.75 Å². The molecule has 0 aliphatic carbocycles. The van der Waals surface area contributed by atoms with E-state index in [2.05, 4.69) is 5.32 Å². The summed E-state index contributed by atoms with van der Waals surface area (Å²) >= 11 is 0. The van der Waals surface area contributed by atoms with Gasteiger partial charge in [-0.3, -0.25) is 4.79 Å². The molecule has 0 aliphatic rings. The van der Waals surface area contributed by atoms with Gasteiger partial charge in [-0.25, -0.2) is 8.78 Å². The zero-order chi connectivity index (χ0) is 17.0. The summed E-state index contributed by atoms with van der Waals surface area (Å²) in [7, 11) is 0. The number of benzene rings is 2. The molecule has 122 valence electrons. The highest BCUT2D eigenvalue weighted by Gasteiger charge is 2.22. The van der Waals surface area contributed by atoms with Crippen molar-refractivity contribution in [1.29, 1.82) is 0 Å². The number of rotatable bonds is 5. The normalized spacial score (nSPS) is 12.0. The molecule has 0 spiro atoms. The van der Waals surface area contributed by atoms with Crippen molar-refractivity contribution >= 4 is 5.91 Å². The van der Waals surface area contributed by atoms with Gasteiger partial charge in [0.2, 0.25) is 5.82 Å². The molecular weight excluding hydrogens is 311 g/mol. The molecule has 0 heterocycles. The van der Waals surface area contributed by atoms with Crippen LogP contribution < -0.4 is 5.32 Å². The van der Waals surface area contributed by atoms with Crippen molar-refractivity contribution in [2.45, 2.75) is 12.5 Å². The topological polar surface area (TPSA) is 69.6 Å². The summed E-state index contributed by atoms with van der Waals surface area (Å²) in [5.74, 6) is -7.38. The van der Waals surface area contributed by atoms with Crippen LogP contribution in [-0.4, -0.2) is 22.7 Å². The number of aliphatic hydroxyl groups is 1. The lowest BCUT2D eigenvalue weighted by atomic mass is 10.1. The van der Waals surface area contributed by atoms with Gasteiger partial charge in [0.25, 0.3) is 5.91 Å². The lowest BCUT2D eigenvalue weighted by molar-refractivity contribution is 0.0937. The zero-order valence-electron chi connectivity index (χ0n) is 11.9. The maximum atomic E-state index is 13.6. The number of amides is 1. The second kappa shape index (κ2) is 7.15. The van der Waals surface area contributed by atoms with Crippen molar-refractivity contribution in [2.75, 3.05) is 6.54 Å². The largest absolute Gasteiger partial charge is 0.503 e.